The summed E-state index contributed by atoms with van der Waals surface area (Å²) < 4.78 is 14.4. The highest BCUT2D eigenvalue weighted by atomic mass is 19.1. The summed E-state index contributed by atoms with van der Waals surface area (Å²) in [6, 6.07) is 27.2. The number of nitrogens with zero attached hydrogens (tertiary/aromatic N) is 3. The van der Waals surface area contributed by atoms with E-state index >= 15 is 0 Å². The first kappa shape index (κ1) is 31.6. The molecule has 0 radical (unpaired) electrons. The number of aromatic amines is 1. The van der Waals surface area contributed by atoms with E-state index in [9.17, 15) is 19.1 Å². The number of benzene rings is 4. The van der Waals surface area contributed by atoms with E-state index in [2.05, 4.69) is 30.5 Å². The number of anilines is 2. The minimum absolute atomic E-state index is 0.0390. The molecule has 1 atom stereocenters. The van der Waals surface area contributed by atoms with E-state index in [-0.39, 0.29) is 23.1 Å². The maximum absolute atomic E-state index is 14.4. The molecule has 0 aliphatic carbocycles. The van der Waals surface area contributed by atoms with Gasteiger partial charge in [0.05, 0.1) is 24.1 Å². The lowest BCUT2D eigenvalue weighted by atomic mass is 9.95. The number of amides is 2. The number of carbonyl (C=O) groups is 2. The summed E-state index contributed by atoms with van der Waals surface area (Å²) in [7, 11) is 0. The van der Waals surface area contributed by atoms with Crippen molar-refractivity contribution in [3.8, 4) is 17.1 Å². The fourth-order valence-corrected chi connectivity index (χ4v) is 6.39. The first-order valence-corrected chi connectivity index (χ1v) is 16.2. The van der Waals surface area contributed by atoms with Crippen LogP contribution in [0.2, 0.25) is 0 Å². The van der Waals surface area contributed by atoms with E-state index in [0.717, 1.165) is 40.7 Å². The number of rotatable bonds is 8. The second-order valence-electron chi connectivity index (χ2n) is 12.4. The van der Waals surface area contributed by atoms with Crippen LogP contribution in [-0.4, -0.2) is 45.0 Å². The van der Waals surface area contributed by atoms with Crippen molar-refractivity contribution in [1.29, 1.82) is 0 Å². The zero-order valence-corrected chi connectivity index (χ0v) is 26.9. The molecule has 2 amide bonds. The number of aromatic nitrogens is 3. The van der Waals surface area contributed by atoms with Crippen LogP contribution < -0.4 is 15.5 Å². The first-order valence-electron chi connectivity index (χ1n) is 16.2. The first-order chi connectivity index (χ1) is 23.8. The summed E-state index contributed by atoms with van der Waals surface area (Å²) in [4.78, 5) is 41.3. The lowest BCUT2D eigenvalue weighted by Gasteiger charge is -2.32. The summed E-state index contributed by atoms with van der Waals surface area (Å²) in [6.07, 6.45) is 4.99. The van der Waals surface area contributed by atoms with Gasteiger partial charge in [0.2, 0.25) is 5.91 Å². The van der Waals surface area contributed by atoms with Crippen molar-refractivity contribution in [2.45, 2.75) is 25.8 Å². The highest BCUT2D eigenvalue weighted by Crippen LogP contribution is 2.32. The molecular formula is C39H35FN6O3. The average molecular weight is 655 g/mol. The number of hydrogen-bond acceptors (Lipinski definition) is 6. The van der Waals surface area contributed by atoms with Crippen LogP contribution in [0.3, 0.4) is 0 Å². The lowest BCUT2D eigenvalue weighted by Crippen LogP contribution is -2.38. The molecule has 10 heteroatoms. The van der Waals surface area contributed by atoms with Gasteiger partial charge in [-0.1, -0.05) is 36.4 Å². The minimum Gasteiger partial charge on any atom is -0.508 e. The van der Waals surface area contributed by atoms with Gasteiger partial charge in [0.1, 0.15) is 11.6 Å². The molecule has 49 heavy (non-hydrogen) atoms. The second kappa shape index (κ2) is 13.6. The average Bonchev–Trinajstić information content (AvgIpc) is 3.56. The molecule has 0 saturated carbocycles. The summed E-state index contributed by atoms with van der Waals surface area (Å²) in [5.41, 5.74) is 5.23. The van der Waals surface area contributed by atoms with Gasteiger partial charge < -0.3 is 25.6 Å². The zero-order chi connectivity index (χ0) is 33.9. The minimum atomic E-state index is -0.858. The third-order valence-corrected chi connectivity index (χ3v) is 8.95. The smallest absolute Gasteiger partial charge is 0.252 e. The number of phenolic OH excluding ortho intramolecular Hbond substituents is 1. The van der Waals surface area contributed by atoms with Gasteiger partial charge in [-0.3, -0.25) is 9.59 Å². The van der Waals surface area contributed by atoms with Crippen molar-refractivity contribution in [2.24, 2.45) is 5.92 Å². The summed E-state index contributed by atoms with van der Waals surface area (Å²) in [6.45, 7) is 3.31. The maximum atomic E-state index is 14.4. The van der Waals surface area contributed by atoms with Gasteiger partial charge in [-0.15, -0.1) is 0 Å². The van der Waals surface area contributed by atoms with Gasteiger partial charge in [0, 0.05) is 52.6 Å². The molecule has 6 aromatic rings. The predicted molar refractivity (Wildman–Crippen MR) is 188 cm³/mol. The Hall–Kier alpha value is -6.03. The fourth-order valence-electron chi connectivity index (χ4n) is 6.39. The molecule has 1 fully saturated rings. The number of nitrogens with one attached hydrogen (secondary N) is 3. The van der Waals surface area contributed by atoms with Gasteiger partial charge in [0.25, 0.3) is 5.91 Å². The molecule has 0 unspecified atom stereocenters. The zero-order valence-electron chi connectivity index (χ0n) is 26.9. The Morgan fingerprint density at radius 1 is 0.918 bits per heavy atom. The Bertz CT molecular complexity index is 2090. The van der Waals surface area contributed by atoms with E-state index in [1.807, 2.05) is 73.7 Å². The summed E-state index contributed by atoms with van der Waals surface area (Å²) in [5.74, 6) is -0.629. The Balaban J connectivity index is 1.07. The molecule has 0 spiro atoms. The number of fused-ring (bicyclic) bond motifs is 1. The Labute approximate surface area is 282 Å². The number of para-hydroxylation sites is 2. The van der Waals surface area contributed by atoms with Crippen LogP contribution in [0.25, 0.3) is 22.3 Å². The Kier molecular flexibility index (Phi) is 8.76. The number of piperidine rings is 1. The standard InChI is InChI=1S/C39H35FN6O3/c1-24-17-27(37-41-22-31(23-42-37)46-15-13-25(14-16-46)38(48)43-30-8-3-2-4-9-30)19-28(18-24)39(49)45-36(32-21-29(40)11-12-35(32)47)34-20-26-7-5-6-10-33(26)44-34/h2-12,17-23,25,36,44,47H,13-16H2,1H3,(H,43,48)(H,45,49)/t36-/m1/s1. The molecule has 2 aromatic heterocycles. The summed E-state index contributed by atoms with van der Waals surface area (Å²) >= 11 is 0. The molecule has 7 rings (SSSR count). The predicted octanol–water partition coefficient (Wildman–Crippen LogP) is 7.15. The molecule has 246 valence electrons. The second-order valence-corrected chi connectivity index (χ2v) is 12.4. The Morgan fingerprint density at radius 2 is 1.65 bits per heavy atom. The van der Waals surface area contributed by atoms with E-state index in [4.69, 9.17) is 0 Å². The van der Waals surface area contributed by atoms with Gasteiger partial charge >= 0.3 is 0 Å². The topological polar surface area (TPSA) is 123 Å². The SMILES string of the molecule is Cc1cc(C(=O)N[C@@H](c2cc3ccccc3[nH]2)c2cc(F)ccc2O)cc(-c2ncc(N3CCC(C(=O)Nc4ccccc4)CC3)cn2)c1. The number of hydrogen-bond donors (Lipinski definition) is 4. The van der Waals surface area contributed by atoms with Gasteiger partial charge in [-0.2, -0.15) is 0 Å². The van der Waals surface area contributed by atoms with Crippen molar-refractivity contribution in [3.05, 3.63) is 138 Å². The van der Waals surface area contributed by atoms with Gasteiger partial charge in [0.15, 0.2) is 5.82 Å². The molecule has 3 heterocycles. The Morgan fingerprint density at radius 3 is 2.41 bits per heavy atom. The van der Waals surface area contributed by atoms with Crippen LogP contribution in [0.1, 0.15) is 46.1 Å². The normalized spacial score (nSPS) is 14.0. The number of carbonyl (C=O) groups excluding carboxylic acids is 2. The highest BCUT2D eigenvalue weighted by Gasteiger charge is 2.26. The number of phenols is 1. The van der Waals surface area contributed by atoms with E-state index in [1.54, 1.807) is 24.5 Å². The van der Waals surface area contributed by atoms with Gasteiger partial charge in [-0.25, -0.2) is 14.4 Å². The number of halogens is 1. The summed E-state index contributed by atoms with van der Waals surface area (Å²) in [5, 5.41) is 17.6. The van der Waals surface area contributed by atoms with E-state index < -0.39 is 17.8 Å². The largest absolute Gasteiger partial charge is 0.508 e. The molecule has 0 bridgehead atoms. The monoisotopic (exact) mass is 654 g/mol. The maximum Gasteiger partial charge on any atom is 0.252 e. The van der Waals surface area contributed by atoms with Crippen LogP contribution in [0.5, 0.6) is 5.75 Å². The molecular weight excluding hydrogens is 619 g/mol. The van der Waals surface area contributed by atoms with Crippen LogP contribution >= 0.6 is 0 Å². The van der Waals surface area contributed by atoms with Crippen LogP contribution in [-0.2, 0) is 4.79 Å². The molecule has 9 nitrogen and oxygen atoms in total. The molecule has 4 N–H and O–H groups in total. The third kappa shape index (κ3) is 6.99. The molecule has 1 aliphatic rings. The van der Waals surface area contributed by atoms with E-state index in [0.29, 0.717) is 35.7 Å². The number of aromatic hydroxyl groups is 1. The van der Waals surface area contributed by atoms with Crippen LogP contribution in [0, 0.1) is 18.7 Å². The fraction of sp³-hybridized carbons (Fsp3) is 0.179. The van der Waals surface area contributed by atoms with Crippen molar-refractivity contribution in [3.63, 3.8) is 0 Å². The molecule has 1 saturated heterocycles. The third-order valence-electron chi connectivity index (χ3n) is 8.95. The van der Waals surface area contributed by atoms with Crippen molar-refractivity contribution in [1.82, 2.24) is 20.3 Å². The van der Waals surface area contributed by atoms with Crippen molar-refractivity contribution >= 4 is 34.1 Å². The van der Waals surface area contributed by atoms with Crippen LogP contribution in [0.15, 0.2) is 109 Å². The van der Waals surface area contributed by atoms with Gasteiger partial charge in [-0.05, 0) is 91.4 Å². The molecule has 4 aromatic carbocycles. The van der Waals surface area contributed by atoms with Crippen molar-refractivity contribution in [2.75, 3.05) is 23.3 Å². The molecule has 1 aliphatic heterocycles. The highest BCUT2D eigenvalue weighted by molar-refractivity contribution is 5.96. The van der Waals surface area contributed by atoms with Crippen LogP contribution in [0.4, 0.5) is 15.8 Å². The van der Waals surface area contributed by atoms with E-state index in [1.165, 1.54) is 18.2 Å². The quantitative estimate of drug-likeness (QED) is 0.138. The lowest BCUT2D eigenvalue weighted by molar-refractivity contribution is -0.120. The van der Waals surface area contributed by atoms with Crippen molar-refractivity contribution < 1.29 is 19.1 Å². The number of H-pyrrole nitrogens is 1. The number of aryl methyl sites for hydroxylation is 1.